The van der Waals surface area contributed by atoms with Crippen LogP contribution in [0.1, 0.15) is 10.6 Å². The molecule has 0 radical (unpaired) electrons. The molecule has 0 N–H and O–H groups in total. The van der Waals surface area contributed by atoms with Crippen LogP contribution in [0.25, 0.3) is 0 Å². The smallest absolute Gasteiger partial charge is 0.294 e. The highest BCUT2D eigenvalue weighted by Crippen LogP contribution is 2.22. The van der Waals surface area contributed by atoms with Gasteiger partial charge in [-0.2, -0.15) is 0 Å². The summed E-state index contributed by atoms with van der Waals surface area (Å²) < 4.78 is 6.54. The maximum absolute atomic E-state index is 5.63. The minimum Gasteiger partial charge on any atom is -0.464 e. The van der Waals surface area contributed by atoms with Gasteiger partial charge in [-0.1, -0.05) is 45.5 Å². The molecule has 3 nitrogen and oxygen atoms in total. The van der Waals surface area contributed by atoms with Crippen molar-refractivity contribution in [1.82, 2.24) is 10.2 Å². The van der Waals surface area contributed by atoms with Gasteiger partial charge in [0.05, 0.1) is 5.88 Å². The fraction of sp³-hybridized carbons (Fsp3) is 0.200. The Bertz CT molecular complexity index is 477. The minimum absolute atomic E-state index is 0.371. The highest BCUT2D eigenvalue weighted by atomic mass is 79.9. The van der Waals surface area contributed by atoms with Crippen molar-refractivity contribution < 1.29 is 4.74 Å². The van der Waals surface area contributed by atoms with E-state index in [9.17, 15) is 0 Å². The lowest BCUT2D eigenvalue weighted by Gasteiger charge is -2.03. The molecule has 0 aliphatic heterocycles. The summed E-state index contributed by atoms with van der Waals surface area (Å²) in [5.74, 6) is 0.371. The maximum atomic E-state index is 5.63. The summed E-state index contributed by atoms with van der Waals surface area (Å²) in [7, 11) is 0. The van der Waals surface area contributed by atoms with Crippen molar-refractivity contribution in [2.24, 2.45) is 0 Å². The molecule has 1 heterocycles. The number of benzene rings is 1. The number of aromatic nitrogens is 2. The molecule has 16 heavy (non-hydrogen) atoms. The van der Waals surface area contributed by atoms with Crippen molar-refractivity contribution >= 4 is 38.9 Å². The van der Waals surface area contributed by atoms with Crippen LogP contribution in [-0.2, 0) is 12.5 Å². The lowest BCUT2D eigenvalue weighted by molar-refractivity contribution is 0.301. The van der Waals surface area contributed by atoms with Crippen molar-refractivity contribution in [2.45, 2.75) is 12.5 Å². The van der Waals surface area contributed by atoms with Gasteiger partial charge < -0.3 is 4.74 Å². The molecule has 0 unspecified atom stereocenters. The predicted octanol–water partition coefficient (Wildman–Crippen LogP) is 3.62. The number of hydrogen-bond acceptors (Lipinski definition) is 4. The number of nitrogens with zero attached hydrogens (tertiary/aromatic N) is 2. The Hall–Kier alpha value is -0.650. The lowest BCUT2D eigenvalue weighted by atomic mass is 10.2. The second-order valence-corrected chi connectivity index (χ2v) is 5.12. The molecule has 0 atom stereocenters. The molecule has 0 saturated carbocycles. The Morgan fingerprint density at radius 1 is 1.31 bits per heavy atom. The quantitative estimate of drug-likeness (QED) is 0.807. The largest absolute Gasteiger partial charge is 0.464 e. The van der Waals surface area contributed by atoms with E-state index in [1.54, 1.807) is 0 Å². The fourth-order valence-corrected chi connectivity index (χ4v) is 2.26. The van der Waals surface area contributed by atoms with E-state index >= 15 is 0 Å². The van der Waals surface area contributed by atoms with E-state index in [-0.39, 0.29) is 0 Å². The molecule has 0 spiro atoms. The number of hydrogen-bond donors (Lipinski definition) is 0. The van der Waals surface area contributed by atoms with Gasteiger partial charge in [0.2, 0.25) is 0 Å². The monoisotopic (exact) mass is 318 g/mol. The Kier molecular flexibility index (Phi) is 4.15. The van der Waals surface area contributed by atoms with Crippen LogP contribution in [0.5, 0.6) is 5.19 Å². The number of halogens is 2. The zero-order valence-corrected chi connectivity index (χ0v) is 11.3. The van der Waals surface area contributed by atoms with E-state index in [4.69, 9.17) is 16.3 Å². The fourth-order valence-electron chi connectivity index (χ4n) is 1.11. The zero-order valence-electron chi connectivity index (χ0n) is 8.19. The standard InChI is InChI=1S/C10H8BrClN2OS/c11-8-4-2-1-3-7(8)6-15-10-14-13-9(5-12)16-10/h1-4H,5-6H2. The lowest BCUT2D eigenvalue weighted by Crippen LogP contribution is -1.95. The highest BCUT2D eigenvalue weighted by Gasteiger charge is 2.05. The van der Waals surface area contributed by atoms with Gasteiger partial charge in [-0.05, 0) is 6.07 Å². The normalized spacial score (nSPS) is 10.4. The molecule has 2 rings (SSSR count). The van der Waals surface area contributed by atoms with E-state index in [2.05, 4.69) is 26.1 Å². The van der Waals surface area contributed by atoms with Crippen LogP contribution < -0.4 is 4.74 Å². The molecular weight excluding hydrogens is 312 g/mol. The van der Waals surface area contributed by atoms with Crippen LogP contribution in [0.2, 0.25) is 0 Å². The van der Waals surface area contributed by atoms with Gasteiger partial charge in [0.15, 0.2) is 0 Å². The molecule has 0 bridgehead atoms. The van der Waals surface area contributed by atoms with Gasteiger partial charge in [0.1, 0.15) is 11.6 Å². The Balaban J connectivity index is 1.99. The first-order valence-electron chi connectivity index (χ1n) is 4.54. The molecule has 1 aromatic heterocycles. The maximum Gasteiger partial charge on any atom is 0.294 e. The summed E-state index contributed by atoms with van der Waals surface area (Å²) in [4.78, 5) is 0. The zero-order chi connectivity index (χ0) is 11.4. The van der Waals surface area contributed by atoms with Crippen LogP contribution in [0.4, 0.5) is 0 Å². The third kappa shape index (κ3) is 2.93. The highest BCUT2D eigenvalue weighted by molar-refractivity contribution is 9.10. The summed E-state index contributed by atoms with van der Waals surface area (Å²) in [6, 6.07) is 7.90. The van der Waals surface area contributed by atoms with Crippen molar-refractivity contribution in [3.8, 4) is 5.19 Å². The molecule has 6 heteroatoms. The van der Waals surface area contributed by atoms with Gasteiger partial charge in [0.25, 0.3) is 5.19 Å². The first kappa shape index (κ1) is 11.8. The molecular formula is C10H8BrClN2OS. The Morgan fingerprint density at radius 3 is 2.81 bits per heavy atom. The Morgan fingerprint density at radius 2 is 2.12 bits per heavy atom. The minimum atomic E-state index is 0.371. The average molecular weight is 320 g/mol. The van der Waals surface area contributed by atoms with Gasteiger partial charge in [-0.15, -0.1) is 21.8 Å². The van der Waals surface area contributed by atoms with Crippen LogP contribution in [0.3, 0.4) is 0 Å². The first-order chi connectivity index (χ1) is 7.79. The van der Waals surface area contributed by atoms with Crippen LogP contribution in [0.15, 0.2) is 28.7 Å². The number of alkyl halides is 1. The van der Waals surface area contributed by atoms with Gasteiger partial charge >= 0.3 is 0 Å². The SMILES string of the molecule is ClCc1nnc(OCc2ccccc2Br)s1. The molecule has 2 aromatic rings. The Labute approximate surface area is 111 Å². The van der Waals surface area contributed by atoms with Crippen LogP contribution in [-0.4, -0.2) is 10.2 Å². The second kappa shape index (κ2) is 5.61. The second-order valence-electron chi connectivity index (χ2n) is 2.98. The molecule has 84 valence electrons. The van der Waals surface area contributed by atoms with E-state index in [1.807, 2.05) is 24.3 Å². The van der Waals surface area contributed by atoms with Gasteiger partial charge in [0, 0.05) is 10.0 Å². The van der Waals surface area contributed by atoms with E-state index in [0.29, 0.717) is 17.7 Å². The average Bonchev–Trinajstić information content (AvgIpc) is 2.76. The summed E-state index contributed by atoms with van der Waals surface area (Å²) in [5, 5.41) is 9.06. The number of ether oxygens (including phenoxy) is 1. The number of rotatable bonds is 4. The van der Waals surface area contributed by atoms with Crippen molar-refractivity contribution in [3.05, 3.63) is 39.3 Å². The third-order valence-electron chi connectivity index (χ3n) is 1.87. The summed E-state index contributed by atoms with van der Waals surface area (Å²) in [6.45, 7) is 0.471. The molecule has 1 aromatic carbocycles. The first-order valence-corrected chi connectivity index (χ1v) is 6.68. The molecule has 0 amide bonds. The summed E-state index contributed by atoms with van der Waals surface area (Å²) >= 11 is 10.4. The van der Waals surface area contributed by atoms with E-state index in [1.165, 1.54) is 11.3 Å². The van der Waals surface area contributed by atoms with Gasteiger partial charge in [-0.3, -0.25) is 0 Å². The van der Waals surface area contributed by atoms with Crippen molar-refractivity contribution in [2.75, 3.05) is 0 Å². The summed E-state index contributed by atoms with van der Waals surface area (Å²) in [6.07, 6.45) is 0. The van der Waals surface area contributed by atoms with E-state index < -0.39 is 0 Å². The summed E-state index contributed by atoms with van der Waals surface area (Å²) in [5.41, 5.74) is 1.07. The van der Waals surface area contributed by atoms with Gasteiger partial charge in [-0.25, -0.2) is 0 Å². The van der Waals surface area contributed by atoms with Crippen molar-refractivity contribution in [1.29, 1.82) is 0 Å². The molecule has 0 aliphatic carbocycles. The predicted molar refractivity (Wildman–Crippen MR) is 67.9 cm³/mol. The topological polar surface area (TPSA) is 35.0 Å². The molecule has 0 saturated heterocycles. The molecule has 0 fully saturated rings. The van der Waals surface area contributed by atoms with Crippen LogP contribution in [0, 0.1) is 0 Å². The van der Waals surface area contributed by atoms with E-state index in [0.717, 1.165) is 15.0 Å². The van der Waals surface area contributed by atoms with Crippen LogP contribution >= 0.6 is 38.9 Å². The third-order valence-corrected chi connectivity index (χ3v) is 3.89. The molecule has 0 aliphatic rings. The van der Waals surface area contributed by atoms with Crippen molar-refractivity contribution in [3.63, 3.8) is 0 Å².